The van der Waals surface area contributed by atoms with Gasteiger partial charge in [0.15, 0.2) is 0 Å². The van der Waals surface area contributed by atoms with Gasteiger partial charge in [-0.15, -0.1) is 0 Å². The fourth-order valence-corrected chi connectivity index (χ4v) is 6.31. The number of carbonyl (C=O) groups is 2. The lowest BCUT2D eigenvalue weighted by atomic mass is 9.80. The molecule has 6 aromatic rings. The Hall–Kier alpha value is -5.88. The number of amides is 1. The van der Waals surface area contributed by atoms with Crippen molar-refractivity contribution in [1.82, 2.24) is 19.8 Å². The maximum atomic E-state index is 13.7. The van der Waals surface area contributed by atoms with E-state index in [1.165, 1.54) is 6.20 Å². The van der Waals surface area contributed by atoms with Gasteiger partial charge in [0.2, 0.25) is 11.7 Å². The maximum absolute atomic E-state index is 13.7. The van der Waals surface area contributed by atoms with Crippen molar-refractivity contribution in [3.8, 4) is 11.4 Å². The van der Waals surface area contributed by atoms with Gasteiger partial charge in [0.25, 0.3) is 5.91 Å². The summed E-state index contributed by atoms with van der Waals surface area (Å²) >= 11 is 0. The summed E-state index contributed by atoms with van der Waals surface area (Å²) in [5.41, 5.74) is 4.96. The quantitative estimate of drug-likeness (QED) is 0.143. The average molecular weight is 687 g/mol. The van der Waals surface area contributed by atoms with Gasteiger partial charge in [0, 0.05) is 36.2 Å². The smallest absolute Gasteiger partial charge is 0.318 e. The zero-order valence-electron chi connectivity index (χ0n) is 27.9. The van der Waals surface area contributed by atoms with E-state index in [2.05, 4.69) is 25.5 Å². The standard InChI is InChI=1S/C39H35FN6O5/c1-25-12-13-28(35-43-37(51-44-35)30-18-32(30)40)16-33(25)42-36(47)31-19-41-46-15-14-29(17-34(31)46)45-22-39(23-45,24-49-20-26-8-4-2-5-9-26)38(48)50-21-27-10-6-3-7-11-27/h2-17,19,30,32H,18,20-24H2,1H3,(H,42,47)/t30-,32-/m0/s1. The summed E-state index contributed by atoms with van der Waals surface area (Å²) in [5, 5.41) is 11.4. The number of nitrogens with zero attached hydrogens (tertiary/aromatic N) is 5. The van der Waals surface area contributed by atoms with Crippen LogP contribution in [0.15, 0.2) is 108 Å². The molecule has 1 saturated heterocycles. The highest BCUT2D eigenvalue weighted by Gasteiger charge is 2.51. The van der Waals surface area contributed by atoms with Crippen LogP contribution in [0.2, 0.25) is 0 Å². The number of pyridine rings is 1. The Morgan fingerprint density at radius 3 is 2.43 bits per heavy atom. The third-order valence-corrected chi connectivity index (χ3v) is 9.45. The molecule has 0 unspecified atom stereocenters. The predicted molar refractivity (Wildman–Crippen MR) is 187 cm³/mol. The van der Waals surface area contributed by atoms with Crippen LogP contribution in [-0.4, -0.2) is 57.5 Å². The highest BCUT2D eigenvalue weighted by molar-refractivity contribution is 6.09. The number of benzene rings is 3. The highest BCUT2D eigenvalue weighted by atomic mass is 19.1. The van der Waals surface area contributed by atoms with E-state index in [1.54, 1.807) is 16.8 Å². The first-order valence-corrected chi connectivity index (χ1v) is 16.8. The van der Waals surface area contributed by atoms with E-state index in [0.717, 1.165) is 22.4 Å². The van der Waals surface area contributed by atoms with Gasteiger partial charge in [-0.2, -0.15) is 10.1 Å². The molecule has 1 aliphatic carbocycles. The maximum Gasteiger partial charge on any atom is 0.318 e. The summed E-state index contributed by atoms with van der Waals surface area (Å²) < 4.78 is 32.3. The third-order valence-electron chi connectivity index (χ3n) is 9.45. The number of rotatable bonds is 12. The molecule has 4 heterocycles. The molecule has 2 atom stereocenters. The number of esters is 1. The summed E-state index contributed by atoms with van der Waals surface area (Å²) in [4.78, 5) is 33.7. The Bertz CT molecular complexity index is 2200. The van der Waals surface area contributed by atoms with Crippen molar-refractivity contribution >= 4 is 28.8 Å². The number of nitrogens with one attached hydrogen (secondary N) is 1. The molecule has 258 valence electrons. The second-order valence-corrected chi connectivity index (χ2v) is 13.2. The van der Waals surface area contributed by atoms with E-state index in [0.29, 0.717) is 54.3 Å². The minimum absolute atomic E-state index is 0.179. The molecule has 2 fully saturated rings. The van der Waals surface area contributed by atoms with Crippen LogP contribution in [0.3, 0.4) is 0 Å². The Balaban J connectivity index is 0.978. The van der Waals surface area contributed by atoms with Crippen LogP contribution in [0, 0.1) is 12.3 Å². The van der Waals surface area contributed by atoms with E-state index in [-0.39, 0.29) is 36.9 Å². The summed E-state index contributed by atoms with van der Waals surface area (Å²) in [5.74, 6) is -0.374. The van der Waals surface area contributed by atoms with E-state index < -0.39 is 11.6 Å². The fourth-order valence-electron chi connectivity index (χ4n) is 6.31. The summed E-state index contributed by atoms with van der Waals surface area (Å²) in [6.07, 6.45) is 2.77. The molecule has 0 bridgehead atoms. The van der Waals surface area contributed by atoms with Crippen molar-refractivity contribution in [3.63, 3.8) is 0 Å². The van der Waals surface area contributed by atoms with Crippen LogP contribution in [0.25, 0.3) is 16.9 Å². The van der Waals surface area contributed by atoms with Crippen LogP contribution in [0.4, 0.5) is 15.8 Å². The Morgan fingerprint density at radius 2 is 1.71 bits per heavy atom. The second-order valence-electron chi connectivity index (χ2n) is 13.2. The number of hydrogen-bond acceptors (Lipinski definition) is 9. The highest BCUT2D eigenvalue weighted by Crippen LogP contribution is 2.43. The topological polar surface area (TPSA) is 124 Å². The lowest BCUT2D eigenvalue weighted by molar-refractivity contribution is -0.164. The van der Waals surface area contributed by atoms with Gasteiger partial charge in [-0.1, -0.05) is 78.0 Å². The molecule has 1 N–H and O–H groups in total. The van der Waals surface area contributed by atoms with Gasteiger partial charge in [0.1, 0.15) is 18.2 Å². The predicted octanol–water partition coefficient (Wildman–Crippen LogP) is 6.54. The fraction of sp³-hybridized carbons (Fsp3) is 0.256. The largest absolute Gasteiger partial charge is 0.460 e. The Kier molecular flexibility index (Phi) is 8.52. The van der Waals surface area contributed by atoms with Gasteiger partial charge >= 0.3 is 5.97 Å². The number of anilines is 2. The normalized spacial score (nSPS) is 17.6. The average Bonchev–Trinajstić information content (AvgIpc) is 3.48. The van der Waals surface area contributed by atoms with Crippen molar-refractivity contribution in [2.45, 2.75) is 38.6 Å². The van der Waals surface area contributed by atoms with Gasteiger partial charge in [0.05, 0.1) is 36.4 Å². The number of aromatic nitrogens is 4. The molecule has 11 nitrogen and oxygen atoms in total. The molecular weight excluding hydrogens is 651 g/mol. The van der Waals surface area contributed by atoms with Crippen molar-refractivity contribution < 1.29 is 28.0 Å². The molecule has 2 aliphatic rings. The van der Waals surface area contributed by atoms with Crippen LogP contribution < -0.4 is 10.2 Å². The van der Waals surface area contributed by atoms with Crippen molar-refractivity contribution in [1.29, 1.82) is 0 Å². The van der Waals surface area contributed by atoms with Crippen molar-refractivity contribution in [2.75, 3.05) is 29.9 Å². The summed E-state index contributed by atoms with van der Waals surface area (Å²) in [6, 6.07) is 28.7. The van der Waals surface area contributed by atoms with Crippen LogP contribution >= 0.6 is 0 Å². The Labute approximate surface area is 293 Å². The summed E-state index contributed by atoms with van der Waals surface area (Å²) in [7, 11) is 0. The van der Waals surface area contributed by atoms with Crippen LogP contribution in [-0.2, 0) is 27.5 Å². The van der Waals surface area contributed by atoms with E-state index in [4.69, 9.17) is 14.0 Å². The van der Waals surface area contributed by atoms with Crippen molar-refractivity contribution in [3.05, 3.63) is 132 Å². The molecule has 1 aliphatic heterocycles. The molecule has 3 aromatic heterocycles. The number of aryl methyl sites for hydroxylation is 1. The monoisotopic (exact) mass is 686 g/mol. The second kappa shape index (κ2) is 13.4. The number of ether oxygens (including phenoxy) is 2. The van der Waals surface area contributed by atoms with Crippen molar-refractivity contribution in [2.24, 2.45) is 5.41 Å². The molecule has 3 aromatic carbocycles. The van der Waals surface area contributed by atoms with Crippen LogP contribution in [0.5, 0.6) is 0 Å². The van der Waals surface area contributed by atoms with Gasteiger partial charge in [-0.05, 0) is 48.2 Å². The molecule has 0 spiro atoms. The zero-order chi connectivity index (χ0) is 35.0. The minimum Gasteiger partial charge on any atom is -0.460 e. The lowest BCUT2D eigenvalue weighted by Gasteiger charge is -2.49. The first-order valence-electron chi connectivity index (χ1n) is 16.8. The Morgan fingerprint density at radius 1 is 0.980 bits per heavy atom. The zero-order valence-corrected chi connectivity index (χ0v) is 27.9. The molecule has 0 radical (unpaired) electrons. The molecular formula is C39H35FN6O5. The summed E-state index contributed by atoms with van der Waals surface area (Å²) in [6.45, 7) is 3.43. The third kappa shape index (κ3) is 6.70. The number of hydrogen-bond donors (Lipinski definition) is 1. The number of halogens is 1. The van der Waals surface area contributed by atoms with Crippen LogP contribution in [0.1, 0.15) is 45.3 Å². The molecule has 1 amide bonds. The van der Waals surface area contributed by atoms with Gasteiger partial charge < -0.3 is 24.2 Å². The molecule has 12 heteroatoms. The number of carbonyl (C=O) groups excluding carboxylic acids is 2. The number of alkyl halides is 1. The molecule has 1 saturated carbocycles. The lowest BCUT2D eigenvalue weighted by Crippen LogP contribution is -2.63. The minimum atomic E-state index is -0.943. The number of fused-ring (bicyclic) bond motifs is 1. The first kappa shape index (κ1) is 32.3. The van der Waals surface area contributed by atoms with E-state index in [9.17, 15) is 14.0 Å². The van der Waals surface area contributed by atoms with Gasteiger partial charge in [-0.3, -0.25) is 9.59 Å². The van der Waals surface area contributed by atoms with Gasteiger partial charge in [-0.25, -0.2) is 8.91 Å². The molecule has 8 rings (SSSR count). The first-order chi connectivity index (χ1) is 24.8. The SMILES string of the molecule is Cc1ccc(-c2noc([C@H]3C[C@@H]3F)n2)cc1NC(=O)c1cnn2ccc(N3CC(COCc4ccccc4)(C(=O)OCc4ccccc4)C3)cc12. The molecule has 51 heavy (non-hydrogen) atoms. The van der Waals surface area contributed by atoms with E-state index in [1.807, 2.05) is 91.9 Å². The van der Waals surface area contributed by atoms with E-state index >= 15 is 0 Å².